The normalized spacial score (nSPS) is 23.7. The van der Waals surface area contributed by atoms with Crippen molar-refractivity contribution in [2.24, 2.45) is 0 Å². The summed E-state index contributed by atoms with van der Waals surface area (Å²) in [5.74, 6) is 0. The van der Waals surface area contributed by atoms with Crippen LogP contribution in [0.1, 0.15) is 96.3 Å². The molecule has 0 aromatic carbocycles. The van der Waals surface area contributed by atoms with E-state index in [2.05, 4.69) is 44.1 Å². The first-order valence-electron chi connectivity index (χ1n) is 10.2. The molecule has 0 aliphatic heterocycles. The number of hydrogen-bond acceptors (Lipinski definition) is 0. The van der Waals surface area contributed by atoms with Gasteiger partial charge in [-0.25, -0.2) is 19.6 Å². The molecule has 3 aliphatic rings. The Bertz CT molecular complexity index is 249. The number of allylic oxidation sites excluding steroid dienone is 1. The summed E-state index contributed by atoms with van der Waals surface area (Å²) in [6, 6.07) is 0. The molecule has 0 atom stereocenters. The Balaban J connectivity index is 0.000000521. The Hall–Kier alpha value is 1.18. The van der Waals surface area contributed by atoms with E-state index in [1.54, 1.807) is 77.0 Å². The van der Waals surface area contributed by atoms with Gasteiger partial charge < -0.3 is 0 Å². The average Bonchev–Trinajstić information content (AvgIpc) is 2.67. The molecule has 0 saturated heterocycles. The van der Waals surface area contributed by atoms with Gasteiger partial charge in [0.2, 0.25) is 0 Å². The Morgan fingerprint density at radius 1 is 0.667 bits per heavy atom. The molecule has 144 valence electrons. The van der Waals surface area contributed by atoms with E-state index >= 15 is 0 Å². The van der Waals surface area contributed by atoms with E-state index in [0.717, 1.165) is 0 Å². The monoisotopic (exact) mass is 506 g/mol. The van der Waals surface area contributed by atoms with Gasteiger partial charge in [-0.05, 0) is 55.5 Å². The molecular weight excluding hydrogens is 470 g/mol. The van der Waals surface area contributed by atoms with E-state index in [4.69, 9.17) is 0 Å². The van der Waals surface area contributed by atoms with Crippen molar-refractivity contribution in [2.75, 3.05) is 0 Å². The van der Waals surface area contributed by atoms with Crippen molar-refractivity contribution < 1.29 is 17.2 Å². The van der Waals surface area contributed by atoms with Crippen molar-refractivity contribution in [3.63, 3.8) is 0 Å². The van der Waals surface area contributed by atoms with Crippen molar-refractivity contribution >= 4 is 21.4 Å². The predicted molar refractivity (Wildman–Crippen MR) is 112 cm³/mol. The van der Waals surface area contributed by atoms with Crippen LogP contribution in [0.5, 0.6) is 0 Å². The first-order valence-corrected chi connectivity index (χ1v) is 15.3. The van der Waals surface area contributed by atoms with Gasteiger partial charge in [-0.2, -0.15) is 0 Å². The summed E-state index contributed by atoms with van der Waals surface area (Å²) in [7, 11) is 0.385. The molecule has 0 aromatic heterocycles. The van der Waals surface area contributed by atoms with Gasteiger partial charge >= 0.3 is 30.6 Å². The molecule has 3 fully saturated rings. The van der Waals surface area contributed by atoms with E-state index in [9.17, 15) is 0 Å². The van der Waals surface area contributed by atoms with Gasteiger partial charge in [0, 0.05) is 0 Å². The van der Waals surface area contributed by atoms with Crippen molar-refractivity contribution in [3.05, 3.63) is 19.6 Å². The van der Waals surface area contributed by atoms with Crippen molar-refractivity contribution in [2.45, 2.75) is 113 Å². The van der Waals surface area contributed by atoms with Gasteiger partial charge in [0.15, 0.2) is 0 Å². The molecule has 0 aromatic rings. The third-order valence-corrected chi connectivity index (χ3v) is 10.1. The van der Waals surface area contributed by atoms with E-state index < -0.39 is 0 Å². The zero-order valence-electron chi connectivity index (χ0n) is 15.5. The summed E-state index contributed by atoms with van der Waals surface area (Å²) in [5, 5.41) is 0. The van der Waals surface area contributed by atoms with Crippen LogP contribution >= 0.6 is 21.4 Å². The van der Waals surface area contributed by atoms with Crippen molar-refractivity contribution in [1.29, 1.82) is 0 Å². The van der Waals surface area contributed by atoms with Crippen LogP contribution in [-0.4, -0.2) is 17.0 Å². The topological polar surface area (TPSA) is 0 Å². The second kappa shape index (κ2) is 15.3. The fourth-order valence-corrected chi connectivity index (χ4v) is 9.71. The van der Waals surface area contributed by atoms with Crippen LogP contribution in [0.15, 0.2) is 12.7 Å². The summed E-state index contributed by atoms with van der Waals surface area (Å²) in [6.07, 6.45) is 25.1. The fraction of sp³-hybridized carbons (Fsp3) is 0.857. The van der Waals surface area contributed by atoms with Gasteiger partial charge in [-0.3, -0.25) is 0 Å². The molecule has 0 nitrogen and oxygen atoms in total. The van der Waals surface area contributed by atoms with E-state index in [1.807, 2.05) is 0 Å². The van der Waals surface area contributed by atoms with Crippen LogP contribution in [-0.2, 0) is 17.2 Å². The van der Waals surface area contributed by atoms with E-state index in [-0.39, 0.29) is 0 Å². The first kappa shape index (κ1) is 23.2. The van der Waals surface area contributed by atoms with Gasteiger partial charge in [0.05, 0.1) is 0 Å². The number of rotatable bonds is 3. The minimum absolute atomic E-state index is 0.385. The van der Waals surface area contributed by atoms with Gasteiger partial charge in [-0.15, -0.1) is 0 Å². The van der Waals surface area contributed by atoms with Crippen molar-refractivity contribution in [1.82, 2.24) is 0 Å². The Labute approximate surface area is 170 Å². The molecule has 24 heavy (non-hydrogen) atoms. The van der Waals surface area contributed by atoms with E-state index in [0.29, 0.717) is 7.92 Å². The molecule has 0 amide bonds. The quantitative estimate of drug-likeness (QED) is 0.205. The molecule has 0 heterocycles. The second-order valence-electron chi connectivity index (χ2n) is 7.61. The van der Waals surface area contributed by atoms with Crippen LogP contribution in [0.3, 0.4) is 0 Å². The van der Waals surface area contributed by atoms with E-state index in [1.165, 1.54) is 42.3 Å². The van der Waals surface area contributed by atoms with Crippen LogP contribution in [0.4, 0.5) is 0 Å². The summed E-state index contributed by atoms with van der Waals surface area (Å²) in [4.78, 5) is 0. The summed E-state index contributed by atoms with van der Waals surface area (Å²) >= 11 is 5.35. The molecule has 3 heteroatoms. The molecule has 3 aliphatic carbocycles. The first-order chi connectivity index (χ1) is 11.9. The molecule has 0 spiro atoms. The van der Waals surface area contributed by atoms with Crippen molar-refractivity contribution in [3.8, 4) is 0 Å². The third-order valence-electron chi connectivity index (χ3n) is 5.99. The second-order valence-corrected chi connectivity index (χ2v) is 10.7. The number of hydrogen-bond donors (Lipinski definition) is 0. The van der Waals surface area contributed by atoms with Crippen LogP contribution in [0, 0.1) is 6.92 Å². The molecule has 3 saturated carbocycles. The zero-order chi connectivity index (χ0) is 17.6. The van der Waals surface area contributed by atoms with Crippen LogP contribution in [0.2, 0.25) is 0 Å². The van der Waals surface area contributed by atoms with Gasteiger partial charge in [0.25, 0.3) is 0 Å². The fourth-order valence-electron chi connectivity index (χ4n) is 5.03. The summed E-state index contributed by atoms with van der Waals surface area (Å²) in [6.45, 7) is 6.50. The number of halogens is 1. The van der Waals surface area contributed by atoms with Gasteiger partial charge in [0.1, 0.15) is 0 Å². The maximum absolute atomic E-state index is 3.25. The predicted octanol–water partition coefficient (Wildman–Crippen LogP) is 8.32. The summed E-state index contributed by atoms with van der Waals surface area (Å²) in [5.41, 5.74) is 3.57. The third kappa shape index (κ3) is 8.25. The molecule has 0 bridgehead atoms. The standard InChI is InChI=1S/C18H33P.C3H5.BrH.Pd/c1-4-10-16(11-5-1)19(17-12-6-2-7-13-17)18-14-8-3-9-15-18;1-3-2;;/h16-18H,1-15H2;3H,1-2H2;1H;/q;-1;;+2/p-1. The molecule has 0 unspecified atom stereocenters. The zero-order valence-corrected chi connectivity index (χ0v) is 19.5. The SMILES string of the molecule is C1CCC(P(C2CCCCC2)C2CCCCC2)CC1.C=C[CH2-].[Br][Pd+]. The molecule has 3 rings (SSSR count). The summed E-state index contributed by atoms with van der Waals surface area (Å²) < 4.78 is 0. The van der Waals surface area contributed by atoms with Crippen LogP contribution < -0.4 is 0 Å². The molecule has 0 N–H and O–H groups in total. The van der Waals surface area contributed by atoms with Gasteiger partial charge in [-0.1, -0.05) is 65.7 Å². The average molecular weight is 508 g/mol. The Kier molecular flexibility index (Phi) is 14.8. The maximum atomic E-state index is 3.25. The van der Waals surface area contributed by atoms with Crippen LogP contribution in [0.25, 0.3) is 0 Å². The molecule has 0 radical (unpaired) electrons. The minimum atomic E-state index is 0.385. The Morgan fingerprint density at radius 3 is 1.08 bits per heavy atom. The Morgan fingerprint density at radius 2 is 0.875 bits per heavy atom. The molecular formula is C21H38BrPPd.